The normalized spacial score (nSPS) is 22.7. The fraction of sp³-hybridized carbons (Fsp3) is 0.647. The van der Waals surface area contributed by atoms with Crippen molar-refractivity contribution in [2.45, 2.75) is 57.3 Å². The van der Waals surface area contributed by atoms with Gasteiger partial charge in [0.1, 0.15) is 5.75 Å². The molecular formula is C17H20BrF2N3O. The number of aromatic nitrogens is 3. The third-order valence-electron chi connectivity index (χ3n) is 5.28. The van der Waals surface area contributed by atoms with Gasteiger partial charge in [-0.3, -0.25) is 4.40 Å². The highest BCUT2D eigenvalue weighted by Crippen LogP contribution is 2.46. The van der Waals surface area contributed by atoms with E-state index in [9.17, 15) is 8.78 Å². The maximum absolute atomic E-state index is 13.4. The van der Waals surface area contributed by atoms with Gasteiger partial charge < -0.3 is 4.74 Å². The molecule has 0 N–H and O–H groups in total. The van der Waals surface area contributed by atoms with Crippen molar-refractivity contribution in [1.29, 1.82) is 0 Å². The Morgan fingerprint density at radius 1 is 1.25 bits per heavy atom. The first-order valence-electron chi connectivity index (χ1n) is 8.40. The molecule has 0 unspecified atom stereocenters. The molecule has 0 bridgehead atoms. The lowest BCUT2D eigenvalue weighted by Crippen LogP contribution is -2.35. The van der Waals surface area contributed by atoms with E-state index in [2.05, 4.69) is 26.1 Å². The largest absolute Gasteiger partial charge is 0.493 e. The third-order valence-corrected chi connectivity index (χ3v) is 5.82. The van der Waals surface area contributed by atoms with Gasteiger partial charge >= 0.3 is 0 Å². The van der Waals surface area contributed by atoms with E-state index >= 15 is 0 Å². The average molecular weight is 400 g/mol. The molecule has 130 valence electrons. The van der Waals surface area contributed by atoms with Crippen molar-refractivity contribution in [3.05, 3.63) is 22.6 Å². The molecule has 2 heterocycles. The van der Waals surface area contributed by atoms with Crippen LogP contribution >= 0.6 is 15.9 Å². The number of hydrogen-bond donors (Lipinski definition) is 0. The number of fused-ring (bicyclic) bond motifs is 1. The Hall–Kier alpha value is -1.24. The maximum atomic E-state index is 13.4. The zero-order valence-electron chi connectivity index (χ0n) is 13.6. The van der Waals surface area contributed by atoms with Crippen LogP contribution in [-0.2, 0) is 0 Å². The van der Waals surface area contributed by atoms with E-state index in [0.717, 1.165) is 29.8 Å². The number of hydrogen-bond acceptors (Lipinski definition) is 3. The lowest BCUT2D eigenvalue weighted by molar-refractivity contribution is -0.0712. The molecule has 0 saturated heterocycles. The van der Waals surface area contributed by atoms with Gasteiger partial charge in [0.15, 0.2) is 5.65 Å². The quantitative estimate of drug-likeness (QED) is 0.728. The van der Waals surface area contributed by atoms with E-state index in [1.54, 1.807) is 0 Å². The minimum atomic E-state index is -2.51. The van der Waals surface area contributed by atoms with Crippen LogP contribution in [0.4, 0.5) is 8.78 Å². The summed E-state index contributed by atoms with van der Waals surface area (Å²) in [5.74, 6) is -1.17. The predicted octanol–water partition coefficient (Wildman–Crippen LogP) is 4.96. The third kappa shape index (κ3) is 3.15. The SMILES string of the molecule is CC1(COc2cc3nnc(Br)n3cc2C2CC2)CCC(F)(F)CC1. The molecular weight excluding hydrogens is 380 g/mol. The first-order valence-corrected chi connectivity index (χ1v) is 9.19. The van der Waals surface area contributed by atoms with Gasteiger partial charge in [-0.25, -0.2) is 8.78 Å². The summed E-state index contributed by atoms with van der Waals surface area (Å²) in [5.41, 5.74) is 1.69. The van der Waals surface area contributed by atoms with Gasteiger partial charge in [0.05, 0.1) is 6.61 Å². The molecule has 0 aromatic carbocycles. The van der Waals surface area contributed by atoms with Gasteiger partial charge in [0.25, 0.3) is 0 Å². The summed E-state index contributed by atoms with van der Waals surface area (Å²) >= 11 is 3.39. The van der Waals surface area contributed by atoms with Crippen LogP contribution in [0.15, 0.2) is 17.0 Å². The fourth-order valence-electron chi connectivity index (χ4n) is 3.35. The summed E-state index contributed by atoms with van der Waals surface area (Å²) in [6.45, 7) is 2.51. The van der Waals surface area contributed by atoms with E-state index < -0.39 is 5.92 Å². The summed E-state index contributed by atoms with van der Waals surface area (Å²) in [7, 11) is 0. The summed E-state index contributed by atoms with van der Waals surface area (Å²) in [5, 5.41) is 8.15. The van der Waals surface area contributed by atoms with E-state index in [-0.39, 0.29) is 18.3 Å². The van der Waals surface area contributed by atoms with E-state index in [0.29, 0.717) is 30.1 Å². The zero-order chi connectivity index (χ0) is 16.9. The first-order chi connectivity index (χ1) is 11.4. The Labute approximate surface area is 147 Å². The molecule has 0 amide bonds. The summed E-state index contributed by atoms with van der Waals surface area (Å²) in [6.07, 6.45) is 5.26. The lowest BCUT2D eigenvalue weighted by Gasteiger charge is -2.37. The second-order valence-electron chi connectivity index (χ2n) is 7.52. The van der Waals surface area contributed by atoms with Crippen LogP contribution in [0.1, 0.15) is 56.9 Å². The Morgan fingerprint density at radius 3 is 2.62 bits per heavy atom. The predicted molar refractivity (Wildman–Crippen MR) is 89.7 cm³/mol. The van der Waals surface area contributed by atoms with Crippen molar-refractivity contribution in [3.63, 3.8) is 0 Å². The first kappa shape index (κ1) is 16.2. The van der Waals surface area contributed by atoms with Crippen molar-refractivity contribution in [2.75, 3.05) is 6.61 Å². The number of halogens is 3. The van der Waals surface area contributed by atoms with Gasteiger partial charge in [-0.2, -0.15) is 0 Å². The molecule has 2 aromatic heterocycles. The van der Waals surface area contributed by atoms with Crippen LogP contribution in [0.3, 0.4) is 0 Å². The molecule has 2 saturated carbocycles. The van der Waals surface area contributed by atoms with Crippen molar-refractivity contribution in [2.24, 2.45) is 5.41 Å². The second-order valence-corrected chi connectivity index (χ2v) is 8.23. The van der Waals surface area contributed by atoms with E-state index in [1.165, 1.54) is 0 Å². The molecule has 2 aliphatic rings. The van der Waals surface area contributed by atoms with Crippen molar-refractivity contribution in [3.8, 4) is 5.75 Å². The standard InChI is InChI=1S/C17H20BrF2N3O/c1-16(4-6-17(19,20)7-5-16)10-24-13-8-14-21-22-15(18)23(14)9-12(13)11-2-3-11/h8-9,11H,2-7,10H2,1H3. The average Bonchev–Trinajstić information content (AvgIpc) is 3.33. The molecule has 24 heavy (non-hydrogen) atoms. The number of pyridine rings is 1. The van der Waals surface area contributed by atoms with Gasteiger partial charge in [0.2, 0.25) is 10.7 Å². The summed E-state index contributed by atoms with van der Waals surface area (Å²) in [4.78, 5) is 0. The molecule has 0 spiro atoms. The number of rotatable bonds is 4. The van der Waals surface area contributed by atoms with Crippen LogP contribution in [0.5, 0.6) is 5.75 Å². The molecule has 7 heteroatoms. The Morgan fingerprint density at radius 2 is 1.96 bits per heavy atom. The number of ether oxygens (including phenoxy) is 1. The van der Waals surface area contributed by atoms with Gasteiger partial charge in [-0.1, -0.05) is 6.92 Å². The smallest absolute Gasteiger partial charge is 0.248 e. The molecule has 0 atom stereocenters. The van der Waals surface area contributed by atoms with E-state index in [4.69, 9.17) is 4.74 Å². The number of alkyl halides is 2. The van der Waals surface area contributed by atoms with Crippen molar-refractivity contribution >= 4 is 21.6 Å². The van der Waals surface area contributed by atoms with Crippen LogP contribution in [0.25, 0.3) is 5.65 Å². The fourth-order valence-corrected chi connectivity index (χ4v) is 3.71. The van der Waals surface area contributed by atoms with Gasteiger partial charge in [-0.15, -0.1) is 10.2 Å². The minimum Gasteiger partial charge on any atom is -0.493 e. The van der Waals surface area contributed by atoms with Crippen molar-refractivity contribution in [1.82, 2.24) is 14.6 Å². The van der Waals surface area contributed by atoms with E-state index in [1.807, 2.05) is 23.6 Å². The molecule has 4 rings (SSSR count). The van der Waals surface area contributed by atoms with Gasteiger partial charge in [0, 0.05) is 36.1 Å². The zero-order valence-corrected chi connectivity index (χ0v) is 15.2. The molecule has 4 nitrogen and oxygen atoms in total. The van der Waals surface area contributed by atoms with Crippen molar-refractivity contribution < 1.29 is 13.5 Å². The highest BCUT2D eigenvalue weighted by Gasteiger charge is 2.41. The Balaban J connectivity index is 1.55. The monoisotopic (exact) mass is 399 g/mol. The van der Waals surface area contributed by atoms with Crippen LogP contribution < -0.4 is 4.74 Å². The molecule has 2 aliphatic carbocycles. The summed E-state index contributed by atoms with van der Waals surface area (Å²) < 4.78 is 35.5. The van der Waals surface area contributed by atoms with Crippen LogP contribution in [0.2, 0.25) is 0 Å². The topological polar surface area (TPSA) is 39.4 Å². The highest BCUT2D eigenvalue weighted by molar-refractivity contribution is 9.10. The highest BCUT2D eigenvalue weighted by atomic mass is 79.9. The minimum absolute atomic E-state index is 0.0432. The maximum Gasteiger partial charge on any atom is 0.248 e. The van der Waals surface area contributed by atoms with Gasteiger partial charge in [-0.05, 0) is 47.5 Å². The summed E-state index contributed by atoms with van der Waals surface area (Å²) in [6, 6.07) is 1.91. The molecule has 0 aliphatic heterocycles. The lowest BCUT2D eigenvalue weighted by atomic mass is 9.75. The molecule has 0 radical (unpaired) electrons. The Kier molecular flexibility index (Phi) is 3.82. The van der Waals surface area contributed by atoms with Crippen LogP contribution in [0, 0.1) is 5.41 Å². The molecule has 2 fully saturated rings. The van der Waals surface area contributed by atoms with Crippen LogP contribution in [-0.4, -0.2) is 27.1 Å². The Bertz CT molecular complexity index is 763. The second kappa shape index (κ2) is 5.64. The molecule has 2 aromatic rings. The number of nitrogens with zero attached hydrogens (tertiary/aromatic N) is 3.